The van der Waals surface area contributed by atoms with E-state index in [2.05, 4.69) is 45.7 Å². The summed E-state index contributed by atoms with van der Waals surface area (Å²) >= 11 is 3.45. The third-order valence-electron chi connectivity index (χ3n) is 4.77. The van der Waals surface area contributed by atoms with Gasteiger partial charge >= 0.3 is 0 Å². The summed E-state index contributed by atoms with van der Waals surface area (Å²) in [6.07, 6.45) is 8.46. The molecule has 1 saturated heterocycles. The van der Waals surface area contributed by atoms with Crippen LogP contribution in [0.25, 0.3) is 0 Å². The molecule has 112 valence electrons. The van der Waals surface area contributed by atoms with E-state index in [9.17, 15) is 5.11 Å². The third-order valence-corrected chi connectivity index (χ3v) is 5.20. The Hall–Kier alpha value is -0.450. The molecular formula is C16H25BrN2O. The smallest absolute Gasteiger partial charge is 0.0764 e. The molecule has 0 aliphatic carbocycles. The van der Waals surface area contributed by atoms with Crippen LogP contribution < -0.4 is 0 Å². The van der Waals surface area contributed by atoms with Gasteiger partial charge in [0.25, 0.3) is 0 Å². The van der Waals surface area contributed by atoms with Crippen LogP contribution in [0.4, 0.5) is 0 Å². The van der Waals surface area contributed by atoms with Crippen LogP contribution in [0, 0.1) is 0 Å². The Morgan fingerprint density at radius 3 is 2.50 bits per heavy atom. The van der Waals surface area contributed by atoms with Crippen molar-refractivity contribution in [1.29, 1.82) is 0 Å². The molecule has 0 bridgehead atoms. The average molecular weight is 341 g/mol. The number of hydrogen-bond donors (Lipinski definition) is 1. The van der Waals surface area contributed by atoms with Crippen LogP contribution in [0.2, 0.25) is 0 Å². The zero-order valence-electron chi connectivity index (χ0n) is 12.5. The standard InChI is InChI=1S/C16H25BrN2O/c1-3-16(4-2,19-7-5-6-8-19)15(20)10-13-9-14(17)12-18-11-13/h9,11-12,15,20H,3-8,10H2,1-2H3. The minimum Gasteiger partial charge on any atom is -0.391 e. The molecule has 2 rings (SSSR count). The van der Waals surface area contributed by atoms with Gasteiger partial charge in [-0.2, -0.15) is 0 Å². The van der Waals surface area contributed by atoms with Gasteiger partial charge in [0.1, 0.15) is 0 Å². The number of likely N-dealkylation sites (tertiary alicyclic amines) is 1. The molecule has 1 aromatic rings. The number of halogens is 1. The van der Waals surface area contributed by atoms with Gasteiger partial charge in [0.05, 0.1) is 6.10 Å². The van der Waals surface area contributed by atoms with Gasteiger partial charge in [0.2, 0.25) is 0 Å². The summed E-state index contributed by atoms with van der Waals surface area (Å²) in [6.45, 7) is 6.64. The van der Waals surface area contributed by atoms with Crippen molar-refractivity contribution < 1.29 is 5.11 Å². The van der Waals surface area contributed by atoms with Crippen LogP contribution >= 0.6 is 15.9 Å². The Bertz CT molecular complexity index is 428. The molecule has 3 nitrogen and oxygen atoms in total. The molecule has 0 aromatic carbocycles. The molecule has 2 heterocycles. The van der Waals surface area contributed by atoms with Gasteiger partial charge in [0, 0.05) is 28.8 Å². The molecule has 1 N–H and O–H groups in total. The number of aromatic nitrogens is 1. The highest BCUT2D eigenvalue weighted by molar-refractivity contribution is 9.10. The molecule has 20 heavy (non-hydrogen) atoms. The zero-order chi connectivity index (χ0) is 14.6. The first-order valence-electron chi connectivity index (χ1n) is 7.65. The van der Waals surface area contributed by atoms with Crippen LogP contribution in [-0.2, 0) is 6.42 Å². The fourth-order valence-corrected chi connectivity index (χ4v) is 3.93. The summed E-state index contributed by atoms with van der Waals surface area (Å²) in [5, 5.41) is 10.9. The predicted molar refractivity (Wildman–Crippen MR) is 85.8 cm³/mol. The van der Waals surface area contributed by atoms with E-state index >= 15 is 0 Å². The molecule has 1 aliphatic rings. The lowest BCUT2D eigenvalue weighted by Crippen LogP contribution is -2.55. The van der Waals surface area contributed by atoms with Gasteiger partial charge < -0.3 is 5.11 Å². The maximum Gasteiger partial charge on any atom is 0.0764 e. The van der Waals surface area contributed by atoms with Crippen molar-refractivity contribution in [3.05, 3.63) is 28.5 Å². The van der Waals surface area contributed by atoms with E-state index in [0.29, 0.717) is 6.42 Å². The Morgan fingerprint density at radius 2 is 1.95 bits per heavy atom. The van der Waals surface area contributed by atoms with Gasteiger partial charge in [-0.1, -0.05) is 13.8 Å². The van der Waals surface area contributed by atoms with E-state index in [-0.39, 0.29) is 11.6 Å². The zero-order valence-corrected chi connectivity index (χ0v) is 14.1. The van der Waals surface area contributed by atoms with E-state index in [1.54, 1.807) is 6.20 Å². The second kappa shape index (κ2) is 7.01. The fourth-order valence-electron chi connectivity index (χ4n) is 3.52. The molecule has 1 aliphatic heterocycles. The van der Waals surface area contributed by atoms with Crippen LogP contribution in [-0.4, -0.2) is 39.7 Å². The molecule has 0 radical (unpaired) electrons. The Morgan fingerprint density at radius 1 is 1.30 bits per heavy atom. The summed E-state index contributed by atoms with van der Waals surface area (Å²) in [5.74, 6) is 0. The highest BCUT2D eigenvalue weighted by Crippen LogP contribution is 2.33. The highest BCUT2D eigenvalue weighted by Gasteiger charge is 2.41. The molecule has 1 atom stereocenters. The van der Waals surface area contributed by atoms with Gasteiger partial charge in [0.15, 0.2) is 0 Å². The Kier molecular flexibility index (Phi) is 5.58. The second-order valence-electron chi connectivity index (χ2n) is 5.74. The Balaban J connectivity index is 2.16. The van der Waals surface area contributed by atoms with Crippen LogP contribution in [0.5, 0.6) is 0 Å². The van der Waals surface area contributed by atoms with Crippen LogP contribution in [0.3, 0.4) is 0 Å². The topological polar surface area (TPSA) is 36.4 Å². The highest BCUT2D eigenvalue weighted by atomic mass is 79.9. The first-order chi connectivity index (χ1) is 9.62. The minimum absolute atomic E-state index is 0.0845. The number of nitrogens with zero attached hydrogens (tertiary/aromatic N) is 2. The lowest BCUT2D eigenvalue weighted by molar-refractivity contribution is -0.0270. The fraction of sp³-hybridized carbons (Fsp3) is 0.688. The molecule has 1 fully saturated rings. The van der Waals surface area contributed by atoms with Crippen molar-refractivity contribution in [2.45, 2.75) is 57.6 Å². The third kappa shape index (κ3) is 3.23. The molecule has 1 aromatic heterocycles. The summed E-state index contributed by atoms with van der Waals surface area (Å²) in [6, 6.07) is 2.05. The summed E-state index contributed by atoms with van der Waals surface area (Å²) in [4.78, 5) is 6.70. The monoisotopic (exact) mass is 340 g/mol. The van der Waals surface area contributed by atoms with E-state index in [1.165, 1.54) is 12.8 Å². The first kappa shape index (κ1) is 15.9. The van der Waals surface area contributed by atoms with Crippen molar-refractivity contribution in [1.82, 2.24) is 9.88 Å². The maximum atomic E-state index is 10.9. The predicted octanol–water partition coefficient (Wildman–Crippen LogP) is 3.40. The molecule has 4 heteroatoms. The number of aliphatic hydroxyl groups is 1. The molecule has 0 saturated carbocycles. The van der Waals surface area contributed by atoms with Gasteiger partial charge in [-0.25, -0.2) is 0 Å². The van der Waals surface area contributed by atoms with Crippen molar-refractivity contribution in [2.75, 3.05) is 13.1 Å². The normalized spacial score (nSPS) is 18.4. The summed E-state index contributed by atoms with van der Waals surface area (Å²) < 4.78 is 0.974. The quantitative estimate of drug-likeness (QED) is 0.862. The van der Waals surface area contributed by atoms with Gasteiger partial charge in [-0.15, -0.1) is 0 Å². The number of aliphatic hydroxyl groups excluding tert-OH is 1. The lowest BCUT2D eigenvalue weighted by Gasteiger charge is -2.44. The van der Waals surface area contributed by atoms with E-state index in [1.807, 2.05) is 6.20 Å². The van der Waals surface area contributed by atoms with Crippen LogP contribution in [0.1, 0.15) is 45.1 Å². The van der Waals surface area contributed by atoms with E-state index < -0.39 is 0 Å². The SMILES string of the molecule is CCC(CC)(C(O)Cc1cncc(Br)c1)N1CCCC1. The molecule has 1 unspecified atom stereocenters. The maximum absolute atomic E-state index is 10.9. The number of hydrogen-bond acceptors (Lipinski definition) is 3. The lowest BCUT2D eigenvalue weighted by atomic mass is 9.82. The van der Waals surface area contributed by atoms with Crippen molar-refractivity contribution >= 4 is 15.9 Å². The summed E-state index contributed by atoms with van der Waals surface area (Å²) in [7, 11) is 0. The van der Waals surface area contributed by atoms with Crippen LogP contribution in [0.15, 0.2) is 22.9 Å². The van der Waals surface area contributed by atoms with Gasteiger partial charge in [-0.3, -0.25) is 9.88 Å². The average Bonchev–Trinajstić information content (AvgIpc) is 2.95. The molecule has 0 amide bonds. The minimum atomic E-state index is -0.341. The van der Waals surface area contributed by atoms with Gasteiger partial charge in [-0.05, 0) is 66.3 Å². The summed E-state index contributed by atoms with van der Waals surface area (Å²) in [5.41, 5.74) is 1.01. The number of pyridine rings is 1. The largest absolute Gasteiger partial charge is 0.391 e. The van der Waals surface area contributed by atoms with Crippen molar-refractivity contribution in [2.24, 2.45) is 0 Å². The van der Waals surface area contributed by atoms with Crippen molar-refractivity contribution in [3.63, 3.8) is 0 Å². The first-order valence-corrected chi connectivity index (χ1v) is 8.44. The number of rotatable bonds is 6. The molecule has 0 spiro atoms. The van der Waals surface area contributed by atoms with Crippen molar-refractivity contribution in [3.8, 4) is 0 Å². The van der Waals surface area contributed by atoms with E-state index in [0.717, 1.165) is 36.0 Å². The molecular weight excluding hydrogens is 316 g/mol. The van der Waals surface area contributed by atoms with E-state index in [4.69, 9.17) is 0 Å². The Labute approximate surface area is 130 Å². The second-order valence-corrected chi connectivity index (χ2v) is 6.65.